The van der Waals surface area contributed by atoms with Gasteiger partial charge in [0.05, 0.1) is 6.61 Å². The molecule has 0 radical (unpaired) electrons. The Bertz CT molecular complexity index is 95.3. The molecule has 2 heteroatoms. The molecule has 60 valence electrons. The predicted octanol–water partition coefficient (Wildman–Crippen LogP) is 1.16. The molecule has 2 nitrogen and oxygen atoms in total. The van der Waals surface area contributed by atoms with Crippen molar-refractivity contribution in [2.75, 3.05) is 13.2 Å². The molecule has 0 saturated carbocycles. The van der Waals surface area contributed by atoms with Gasteiger partial charge in [-0.1, -0.05) is 0 Å². The van der Waals surface area contributed by atoms with Crippen molar-refractivity contribution in [1.29, 1.82) is 0 Å². The van der Waals surface area contributed by atoms with Crippen LogP contribution in [0.4, 0.5) is 0 Å². The van der Waals surface area contributed by atoms with E-state index in [2.05, 4.69) is 12.2 Å². The number of ether oxygens (including phenoxy) is 1. The minimum atomic E-state index is 0.620. The first-order valence-corrected chi connectivity index (χ1v) is 4.16. The number of nitrogens with one attached hydrogen (secondary N) is 1. The van der Waals surface area contributed by atoms with E-state index in [0.29, 0.717) is 12.1 Å². The number of hydrogen-bond acceptors (Lipinski definition) is 2. The molecule has 1 heterocycles. The van der Waals surface area contributed by atoms with Crippen LogP contribution in [-0.2, 0) is 4.74 Å². The van der Waals surface area contributed by atoms with Crippen molar-refractivity contribution >= 4 is 0 Å². The molecule has 0 bridgehead atoms. The van der Waals surface area contributed by atoms with Gasteiger partial charge < -0.3 is 10.1 Å². The van der Waals surface area contributed by atoms with E-state index in [1.54, 1.807) is 0 Å². The van der Waals surface area contributed by atoms with E-state index in [9.17, 15) is 0 Å². The Kier molecular flexibility index (Phi) is 3.16. The summed E-state index contributed by atoms with van der Waals surface area (Å²) >= 11 is 0. The fourth-order valence-corrected chi connectivity index (χ4v) is 1.41. The number of rotatable bonds is 3. The van der Waals surface area contributed by atoms with Gasteiger partial charge in [0, 0.05) is 18.7 Å². The van der Waals surface area contributed by atoms with E-state index in [-0.39, 0.29) is 0 Å². The fourth-order valence-electron chi connectivity index (χ4n) is 1.41. The lowest BCUT2D eigenvalue weighted by molar-refractivity contribution is 0.127. The van der Waals surface area contributed by atoms with E-state index in [1.165, 1.54) is 12.8 Å². The third kappa shape index (κ3) is 2.27. The molecule has 0 spiro atoms. The van der Waals surface area contributed by atoms with Gasteiger partial charge >= 0.3 is 0 Å². The lowest BCUT2D eigenvalue weighted by Crippen LogP contribution is -2.30. The van der Waals surface area contributed by atoms with Gasteiger partial charge in [-0.2, -0.15) is 0 Å². The van der Waals surface area contributed by atoms with Gasteiger partial charge in [-0.15, -0.1) is 0 Å². The van der Waals surface area contributed by atoms with Crippen LogP contribution in [0.25, 0.3) is 0 Å². The summed E-state index contributed by atoms with van der Waals surface area (Å²) in [6.07, 6.45) is 2.58. The van der Waals surface area contributed by atoms with Gasteiger partial charge in [0.2, 0.25) is 0 Å². The highest BCUT2D eigenvalue weighted by atomic mass is 16.5. The van der Waals surface area contributed by atoms with Gasteiger partial charge in [0.25, 0.3) is 0 Å². The minimum absolute atomic E-state index is 0.620. The average Bonchev–Trinajstić information content (AvgIpc) is 2.31. The van der Waals surface area contributed by atoms with Crippen LogP contribution in [0.2, 0.25) is 0 Å². The van der Waals surface area contributed by atoms with E-state index < -0.39 is 0 Å². The van der Waals surface area contributed by atoms with Crippen LogP contribution < -0.4 is 5.32 Å². The standard InChI is InChI=1S/C8H17NO/c1-3-10-6-8-5-4-7(2)9-8/h7-9H,3-6H2,1-2H3. The highest BCUT2D eigenvalue weighted by molar-refractivity contribution is 4.79. The second-order valence-corrected chi connectivity index (χ2v) is 3.00. The highest BCUT2D eigenvalue weighted by Gasteiger charge is 2.19. The van der Waals surface area contributed by atoms with Crippen LogP contribution in [0.1, 0.15) is 26.7 Å². The molecule has 1 fully saturated rings. The summed E-state index contributed by atoms with van der Waals surface area (Å²) in [5, 5.41) is 3.46. The molecule has 2 atom stereocenters. The Morgan fingerprint density at radius 1 is 1.50 bits per heavy atom. The number of hydrogen-bond donors (Lipinski definition) is 1. The summed E-state index contributed by atoms with van der Waals surface area (Å²) < 4.78 is 5.30. The third-order valence-corrected chi connectivity index (χ3v) is 1.99. The first-order valence-electron chi connectivity index (χ1n) is 4.16. The summed E-state index contributed by atoms with van der Waals surface area (Å²) in [5.41, 5.74) is 0. The Morgan fingerprint density at radius 2 is 2.30 bits per heavy atom. The topological polar surface area (TPSA) is 21.3 Å². The summed E-state index contributed by atoms with van der Waals surface area (Å²) in [6, 6.07) is 1.32. The second-order valence-electron chi connectivity index (χ2n) is 3.00. The van der Waals surface area contributed by atoms with Crippen molar-refractivity contribution in [3.05, 3.63) is 0 Å². The van der Waals surface area contributed by atoms with Crippen molar-refractivity contribution in [3.63, 3.8) is 0 Å². The monoisotopic (exact) mass is 143 g/mol. The van der Waals surface area contributed by atoms with Crippen molar-refractivity contribution < 1.29 is 4.74 Å². The molecule has 2 unspecified atom stereocenters. The molecular weight excluding hydrogens is 126 g/mol. The highest BCUT2D eigenvalue weighted by Crippen LogP contribution is 2.11. The first kappa shape index (κ1) is 8.02. The van der Waals surface area contributed by atoms with Crippen molar-refractivity contribution in [3.8, 4) is 0 Å². The Morgan fingerprint density at radius 3 is 2.80 bits per heavy atom. The Hall–Kier alpha value is -0.0800. The summed E-state index contributed by atoms with van der Waals surface area (Å²) in [6.45, 7) is 6.00. The molecular formula is C8H17NO. The van der Waals surface area contributed by atoms with Crippen LogP contribution in [0.15, 0.2) is 0 Å². The van der Waals surface area contributed by atoms with Gasteiger partial charge in [-0.25, -0.2) is 0 Å². The summed E-state index contributed by atoms with van der Waals surface area (Å²) in [5.74, 6) is 0. The maximum atomic E-state index is 5.30. The summed E-state index contributed by atoms with van der Waals surface area (Å²) in [4.78, 5) is 0. The van der Waals surface area contributed by atoms with Crippen LogP contribution in [-0.4, -0.2) is 25.3 Å². The maximum Gasteiger partial charge on any atom is 0.0619 e. The largest absolute Gasteiger partial charge is 0.380 e. The Balaban J connectivity index is 2.06. The second kappa shape index (κ2) is 3.94. The van der Waals surface area contributed by atoms with Crippen molar-refractivity contribution in [2.24, 2.45) is 0 Å². The molecule has 1 rings (SSSR count). The lowest BCUT2D eigenvalue weighted by Gasteiger charge is -2.10. The molecule has 0 aromatic carbocycles. The van der Waals surface area contributed by atoms with E-state index in [1.807, 2.05) is 6.92 Å². The zero-order valence-electron chi connectivity index (χ0n) is 6.89. The van der Waals surface area contributed by atoms with Crippen LogP contribution in [0.3, 0.4) is 0 Å². The van der Waals surface area contributed by atoms with Gasteiger partial charge in [-0.3, -0.25) is 0 Å². The van der Waals surface area contributed by atoms with Crippen LogP contribution >= 0.6 is 0 Å². The quantitative estimate of drug-likeness (QED) is 0.640. The summed E-state index contributed by atoms with van der Waals surface area (Å²) in [7, 11) is 0. The molecule has 0 aromatic rings. The minimum Gasteiger partial charge on any atom is -0.380 e. The predicted molar refractivity (Wildman–Crippen MR) is 42.1 cm³/mol. The van der Waals surface area contributed by atoms with Gasteiger partial charge in [-0.05, 0) is 26.7 Å². The van der Waals surface area contributed by atoms with Gasteiger partial charge in [0.1, 0.15) is 0 Å². The van der Waals surface area contributed by atoms with Crippen LogP contribution in [0.5, 0.6) is 0 Å². The molecule has 1 saturated heterocycles. The SMILES string of the molecule is CCOCC1CCC(C)N1. The average molecular weight is 143 g/mol. The molecule has 10 heavy (non-hydrogen) atoms. The van der Waals surface area contributed by atoms with Gasteiger partial charge in [0.15, 0.2) is 0 Å². The third-order valence-electron chi connectivity index (χ3n) is 1.99. The van der Waals surface area contributed by atoms with E-state index in [0.717, 1.165) is 13.2 Å². The smallest absolute Gasteiger partial charge is 0.0619 e. The van der Waals surface area contributed by atoms with Crippen molar-refractivity contribution in [1.82, 2.24) is 5.32 Å². The van der Waals surface area contributed by atoms with E-state index in [4.69, 9.17) is 4.74 Å². The lowest BCUT2D eigenvalue weighted by atomic mass is 10.2. The maximum absolute atomic E-state index is 5.30. The molecule has 0 aromatic heterocycles. The molecule has 1 aliphatic heterocycles. The van der Waals surface area contributed by atoms with Crippen LogP contribution in [0, 0.1) is 0 Å². The molecule has 0 amide bonds. The first-order chi connectivity index (χ1) is 4.83. The fraction of sp³-hybridized carbons (Fsp3) is 1.00. The molecule has 1 aliphatic rings. The molecule has 1 N–H and O–H groups in total. The Labute approximate surface area is 63.0 Å². The zero-order valence-corrected chi connectivity index (χ0v) is 6.89. The van der Waals surface area contributed by atoms with E-state index >= 15 is 0 Å². The normalized spacial score (nSPS) is 33.0. The zero-order chi connectivity index (χ0) is 7.40. The molecule has 0 aliphatic carbocycles. The van der Waals surface area contributed by atoms with Crippen molar-refractivity contribution in [2.45, 2.75) is 38.8 Å².